The second kappa shape index (κ2) is 6.70. The molecule has 6 nitrogen and oxygen atoms in total. The van der Waals surface area contributed by atoms with Crippen molar-refractivity contribution >= 4 is 11.6 Å². The highest BCUT2D eigenvalue weighted by molar-refractivity contribution is 5.91. The lowest BCUT2D eigenvalue weighted by molar-refractivity contribution is 0.0973. The van der Waals surface area contributed by atoms with Gasteiger partial charge in [0.25, 0.3) is 5.91 Å². The smallest absolute Gasteiger partial charge is 0.267 e. The quantitative estimate of drug-likeness (QED) is 0.677. The van der Waals surface area contributed by atoms with E-state index in [1.54, 1.807) is 0 Å². The first-order valence-corrected chi connectivity index (χ1v) is 5.42. The summed E-state index contributed by atoms with van der Waals surface area (Å²) >= 11 is 0. The van der Waals surface area contributed by atoms with Gasteiger partial charge in [0.2, 0.25) is 5.88 Å². The molecule has 17 heavy (non-hydrogen) atoms. The maximum atomic E-state index is 10.9. The van der Waals surface area contributed by atoms with E-state index in [4.69, 9.17) is 20.9 Å². The molecule has 1 aromatic rings. The van der Waals surface area contributed by atoms with Gasteiger partial charge in [-0.3, -0.25) is 4.79 Å². The molecule has 0 spiro atoms. The Labute approximate surface area is 99.9 Å². The minimum Gasteiger partial charge on any atom is -0.474 e. The summed E-state index contributed by atoms with van der Waals surface area (Å²) < 4.78 is 10.5. The molecular weight excluding hydrogens is 222 g/mol. The van der Waals surface area contributed by atoms with Gasteiger partial charge in [-0.15, -0.1) is 0 Å². The van der Waals surface area contributed by atoms with Crippen LogP contribution in [-0.4, -0.2) is 30.7 Å². The Morgan fingerprint density at radius 3 is 2.76 bits per heavy atom. The number of nitrogens with two attached hydrogens (primary N) is 2. The van der Waals surface area contributed by atoms with E-state index >= 15 is 0 Å². The summed E-state index contributed by atoms with van der Waals surface area (Å²) in [6.45, 7) is 3.50. The van der Waals surface area contributed by atoms with Crippen LogP contribution in [0.15, 0.2) is 12.1 Å². The topological polar surface area (TPSA) is 100 Å². The van der Waals surface area contributed by atoms with Gasteiger partial charge in [-0.25, -0.2) is 4.98 Å². The maximum absolute atomic E-state index is 10.9. The summed E-state index contributed by atoms with van der Waals surface area (Å²) in [4.78, 5) is 14.8. The first kappa shape index (κ1) is 13.2. The number of carbonyl (C=O) groups is 1. The van der Waals surface area contributed by atoms with Gasteiger partial charge in [0.05, 0.1) is 12.3 Å². The van der Waals surface area contributed by atoms with Gasteiger partial charge in [0, 0.05) is 6.61 Å². The summed E-state index contributed by atoms with van der Waals surface area (Å²) in [5, 5.41) is 0. The standard InChI is InChI=1S/C11H17N3O3/c1-2-5-16-6-7-17-11-8(12)3-4-9(14-11)10(13)15/h3-4H,2,5-7,12H2,1H3,(H2,13,15). The first-order chi connectivity index (χ1) is 8.15. The van der Waals surface area contributed by atoms with Gasteiger partial charge in [0.1, 0.15) is 12.3 Å². The highest BCUT2D eigenvalue weighted by atomic mass is 16.5. The molecule has 1 amide bonds. The molecule has 0 atom stereocenters. The average molecular weight is 239 g/mol. The van der Waals surface area contributed by atoms with Crippen LogP contribution in [0.2, 0.25) is 0 Å². The largest absolute Gasteiger partial charge is 0.474 e. The van der Waals surface area contributed by atoms with Crippen LogP contribution in [0, 0.1) is 0 Å². The summed E-state index contributed by atoms with van der Waals surface area (Å²) in [5.41, 5.74) is 11.2. The molecule has 0 radical (unpaired) electrons. The Hall–Kier alpha value is -1.82. The molecule has 0 saturated heterocycles. The second-order valence-electron chi connectivity index (χ2n) is 3.42. The SMILES string of the molecule is CCCOCCOc1nc(C(N)=O)ccc1N. The molecule has 1 aromatic heterocycles. The molecule has 0 unspecified atom stereocenters. The fourth-order valence-corrected chi connectivity index (χ4v) is 1.15. The first-order valence-electron chi connectivity index (χ1n) is 5.42. The van der Waals surface area contributed by atoms with E-state index in [2.05, 4.69) is 4.98 Å². The molecular formula is C11H17N3O3. The molecule has 0 saturated carbocycles. The number of pyridine rings is 1. The Morgan fingerprint density at radius 1 is 1.35 bits per heavy atom. The van der Waals surface area contributed by atoms with Crippen LogP contribution in [0.5, 0.6) is 5.88 Å². The molecule has 0 aliphatic carbocycles. The van der Waals surface area contributed by atoms with E-state index < -0.39 is 5.91 Å². The number of ether oxygens (including phenoxy) is 2. The highest BCUT2D eigenvalue weighted by Crippen LogP contribution is 2.18. The zero-order valence-electron chi connectivity index (χ0n) is 9.81. The van der Waals surface area contributed by atoms with E-state index in [1.807, 2.05) is 6.92 Å². The van der Waals surface area contributed by atoms with Crippen molar-refractivity contribution in [1.82, 2.24) is 4.98 Å². The number of hydrogen-bond acceptors (Lipinski definition) is 5. The summed E-state index contributed by atoms with van der Waals surface area (Å²) in [5.74, 6) is -0.404. The molecule has 0 bridgehead atoms. The van der Waals surface area contributed by atoms with Crippen molar-refractivity contribution in [2.45, 2.75) is 13.3 Å². The zero-order valence-corrected chi connectivity index (χ0v) is 9.81. The highest BCUT2D eigenvalue weighted by Gasteiger charge is 2.07. The number of amides is 1. The average Bonchev–Trinajstić information content (AvgIpc) is 2.30. The van der Waals surface area contributed by atoms with Crippen molar-refractivity contribution < 1.29 is 14.3 Å². The number of nitrogens with zero attached hydrogens (tertiary/aromatic N) is 1. The molecule has 0 aliphatic heterocycles. The van der Waals surface area contributed by atoms with E-state index in [0.717, 1.165) is 6.42 Å². The molecule has 4 N–H and O–H groups in total. The molecule has 0 aromatic carbocycles. The predicted molar refractivity (Wildman–Crippen MR) is 63.8 cm³/mol. The van der Waals surface area contributed by atoms with Crippen molar-refractivity contribution in [2.75, 3.05) is 25.6 Å². The number of nitrogen functional groups attached to an aromatic ring is 1. The lowest BCUT2D eigenvalue weighted by Gasteiger charge is -2.08. The molecule has 0 fully saturated rings. The Morgan fingerprint density at radius 2 is 2.12 bits per heavy atom. The van der Waals surface area contributed by atoms with Crippen LogP contribution >= 0.6 is 0 Å². The maximum Gasteiger partial charge on any atom is 0.267 e. The van der Waals surface area contributed by atoms with Crippen LogP contribution in [0.3, 0.4) is 0 Å². The van der Waals surface area contributed by atoms with E-state index in [9.17, 15) is 4.79 Å². The van der Waals surface area contributed by atoms with Crippen LogP contribution in [0.25, 0.3) is 0 Å². The van der Waals surface area contributed by atoms with Crippen molar-refractivity contribution in [3.05, 3.63) is 17.8 Å². The van der Waals surface area contributed by atoms with Crippen molar-refractivity contribution in [3.63, 3.8) is 0 Å². The van der Waals surface area contributed by atoms with Gasteiger partial charge in [-0.05, 0) is 18.6 Å². The molecule has 6 heteroatoms. The zero-order chi connectivity index (χ0) is 12.7. The normalized spacial score (nSPS) is 10.2. The van der Waals surface area contributed by atoms with Gasteiger partial charge in [-0.1, -0.05) is 6.92 Å². The molecule has 1 rings (SSSR count). The summed E-state index contributed by atoms with van der Waals surface area (Å²) in [6.07, 6.45) is 0.956. The number of aromatic nitrogens is 1. The molecule has 0 aliphatic rings. The molecule has 94 valence electrons. The van der Waals surface area contributed by atoms with Crippen LogP contribution in [0.1, 0.15) is 23.8 Å². The number of rotatable bonds is 7. The van der Waals surface area contributed by atoms with Crippen LogP contribution in [-0.2, 0) is 4.74 Å². The predicted octanol–water partition coefficient (Wildman–Crippen LogP) is 0.568. The Bertz CT molecular complexity index is 382. The minimum atomic E-state index is -0.614. The van der Waals surface area contributed by atoms with E-state index in [1.165, 1.54) is 12.1 Å². The van der Waals surface area contributed by atoms with Crippen LogP contribution in [0.4, 0.5) is 5.69 Å². The summed E-state index contributed by atoms with van der Waals surface area (Å²) in [7, 11) is 0. The lowest BCUT2D eigenvalue weighted by Crippen LogP contribution is -2.15. The van der Waals surface area contributed by atoms with Crippen LogP contribution < -0.4 is 16.2 Å². The lowest BCUT2D eigenvalue weighted by atomic mass is 10.3. The van der Waals surface area contributed by atoms with Gasteiger partial charge in [0.15, 0.2) is 0 Å². The second-order valence-corrected chi connectivity index (χ2v) is 3.42. The Kier molecular flexibility index (Phi) is 5.22. The number of anilines is 1. The van der Waals surface area contributed by atoms with Crippen molar-refractivity contribution in [2.24, 2.45) is 5.73 Å². The minimum absolute atomic E-state index is 0.128. The van der Waals surface area contributed by atoms with Crippen molar-refractivity contribution in [3.8, 4) is 5.88 Å². The Balaban J connectivity index is 2.51. The summed E-state index contributed by atoms with van der Waals surface area (Å²) in [6, 6.07) is 2.99. The number of primary amides is 1. The van der Waals surface area contributed by atoms with Gasteiger partial charge in [-0.2, -0.15) is 0 Å². The van der Waals surface area contributed by atoms with E-state index in [-0.39, 0.29) is 11.6 Å². The van der Waals surface area contributed by atoms with Gasteiger partial charge >= 0.3 is 0 Å². The third-order valence-corrected chi connectivity index (χ3v) is 1.96. The van der Waals surface area contributed by atoms with Gasteiger partial charge < -0.3 is 20.9 Å². The molecule has 1 heterocycles. The van der Waals surface area contributed by atoms with Crippen molar-refractivity contribution in [1.29, 1.82) is 0 Å². The number of hydrogen-bond donors (Lipinski definition) is 2. The third kappa shape index (κ3) is 4.28. The fraction of sp³-hybridized carbons (Fsp3) is 0.455. The monoisotopic (exact) mass is 239 g/mol. The van der Waals surface area contributed by atoms with E-state index in [0.29, 0.717) is 25.5 Å². The third-order valence-electron chi connectivity index (χ3n) is 1.96. The fourth-order valence-electron chi connectivity index (χ4n) is 1.15. The number of carbonyl (C=O) groups excluding carboxylic acids is 1.